The monoisotopic (exact) mass is 368 g/mol. The maximum absolute atomic E-state index is 13.1. The molecule has 1 aromatic carbocycles. The van der Waals surface area contributed by atoms with Crippen molar-refractivity contribution in [1.29, 1.82) is 0 Å². The molecule has 1 aromatic heterocycles. The zero-order valence-corrected chi connectivity index (χ0v) is 14.9. The van der Waals surface area contributed by atoms with E-state index in [0.717, 1.165) is 22.2 Å². The first kappa shape index (κ1) is 16.5. The lowest BCUT2D eigenvalue weighted by molar-refractivity contribution is -0.202. The van der Waals surface area contributed by atoms with Gasteiger partial charge in [-0.15, -0.1) is 0 Å². The van der Waals surface area contributed by atoms with E-state index in [1.807, 2.05) is 6.07 Å². The van der Waals surface area contributed by atoms with E-state index in [0.29, 0.717) is 13.0 Å². The zero-order valence-electron chi connectivity index (χ0n) is 14.9. The van der Waals surface area contributed by atoms with Gasteiger partial charge in [0.25, 0.3) is 0 Å². The van der Waals surface area contributed by atoms with Gasteiger partial charge in [0.05, 0.1) is 23.2 Å². The lowest BCUT2D eigenvalue weighted by atomic mass is 9.69. The lowest BCUT2D eigenvalue weighted by Gasteiger charge is -2.48. The van der Waals surface area contributed by atoms with Crippen LogP contribution in [-0.2, 0) is 20.9 Å². The first-order chi connectivity index (χ1) is 12.9. The molecule has 140 valence electrons. The van der Waals surface area contributed by atoms with Gasteiger partial charge in [-0.25, -0.2) is 4.79 Å². The van der Waals surface area contributed by atoms with Gasteiger partial charge in [0, 0.05) is 17.8 Å². The van der Waals surface area contributed by atoms with Crippen molar-refractivity contribution >= 4 is 22.8 Å². The standard InChI is InChI=1S/C20H20N2O5/c1-2-20(26)14-7-16-17-11(5-10-6-12(23)3-4-15(10)21-17)8-22(16)18(24)13(14)9-27-19(20)25/h3-6,13-14,16,23,26H,2,7-9H2,1H3. The fourth-order valence-corrected chi connectivity index (χ4v) is 4.90. The number of phenols is 1. The number of aliphatic hydroxyl groups is 1. The minimum absolute atomic E-state index is 0.0213. The van der Waals surface area contributed by atoms with Crippen molar-refractivity contribution in [2.75, 3.05) is 6.61 Å². The molecule has 5 rings (SSSR count). The van der Waals surface area contributed by atoms with Gasteiger partial charge in [0.15, 0.2) is 5.60 Å². The van der Waals surface area contributed by atoms with Crippen molar-refractivity contribution in [3.05, 3.63) is 35.5 Å². The fourth-order valence-electron chi connectivity index (χ4n) is 4.90. The summed E-state index contributed by atoms with van der Waals surface area (Å²) in [5, 5.41) is 21.5. The number of amides is 1. The van der Waals surface area contributed by atoms with Gasteiger partial charge < -0.3 is 19.8 Å². The molecule has 0 saturated carbocycles. The summed E-state index contributed by atoms with van der Waals surface area (Å²) in [4.78, 5) is 31.9. The Morgan fingerprint density at radius 1 is 1.33 bits per heavy atom. The number of aromatic nitrogens is 1. The van der Waals surface area contributed by atoms with Crippen LogP contribution < -0.4 is 0 Å². The number of rotatable bonds is 1. The highest BCUT2D eigenvalue weighted by Crippen LogP contribution is 2.50. The van der Waals surface area contributed by atoms with Gasteiger partial charge in [-0.1, -0.05) is 6.92 Å². The van der Waals surface area contributed by atoms with E-state index in [2.05, 4.69) is 0 Å². The zero-order chi connectivity index (χ0) is 18.9. The SMILES string of the molecule is CCC1(O)C(=O)OCC2C(=O)N3Cc4cc5cc(O)ccc5nc4C3CC21. The third-order valence-electron chi connectivity index (χ3n) is 6.41. The molecule has 4 heterocycles. The van der Waals surface area contributed by atoms with Crippen LogP contribution in [-0.4, -0.2) is 44.2 Å². The molecule has 2 N–H and O–H groups in total. The summed E-state index contributed by atoms with van der Waals surface area (Å²) >= 11 is 0. The van der Waals surface area contributed by atoms with Crippen LogP contribution >= 0.6 is 0 Å². The van der Waals surface area contributed by atoms with Crippen LogP contribution in [0.2, 0.25) is 0 Å². The molecular weight excluding hydrogens is 348 g/mol. The number of carbonyl (C=O) groups is 2. The van der Waals surface area contributed by atoms with E-state index in [-0.39, 0.29) is 30.7 Å². The van der Waals surface area contributed by atoms with Crippen molar-refractivity contribution in [3.63, 3.8) is 0 Å². The van der Waals surface area contributed by atoms with Crippen molar-refractivity contribution in [2.45, 2.75) is 38.0 Å². The minimum atomic E-state index is -1.63. The molecule has 0 radical (unpaired) electrons. The van der Waals surface area contributed by atoms with Crippen LogP contribution in [0.15, 0.2) is 24.3 Å². The molecule has 7 heteroatoms. The van der Waals surface area contributed by atoms with Crippen molar-refractivity contribution in [2.24, 2.45) is 11.8 Å². The number of hydrogen-bond acceptors (Lipinski definition) is 6. The average molecular weight is 368 g/mol. The number of hydrogen-bond donors (Lipinski definition) is 2. The Hall–Kier alpha value is -2.67. The second-order valence-corrected chi connectivity index (χ2v) is 7.72. The largest absolute Gasteiger partial charge is 0.508 e. The van der Waals surface area contributed by atoms with E-state index < -0.39 is 23.4 Å². The minimum Gasteiger partial charge on any atom is -0.508 e. The highest BCUT2D eigenvalue weighted by Gasteiger charge is 2.59. The molecule has 0 aliphatic carbocycles. The topological polar surface area (TPSA) is 100.0 Å². The number of piperidine rings is 1. The predicted octanol–water partition coefficient (Wildman–Crippen LogP) is 1.66. The summed E-state index contributed by atoms with van der Waals surface area (Å²) < 4.78 is 5.15. The van der Waals surface area contributed by atoms with Crippen molar-refractivity contribution in [1.82, 2.24) is 9.88 Å². The van der Waals surface area contributed by atoms with Crippen molar-refractivity contribution in [3.8, 4) is 5.75 Å². The summed E-state index contributed by atoms with van der Waals surface area (Å²) in [7, 11) is 0. The number of benzene rings is 1. The maximum atomic E-state index is 13.1. The quantitative estimate of drug-likeness (QED) is 0.743. The van der Waals surface area contributed by atoms with Crippen LogP contribution in [0.3, 0.4) is 0 Å². The Balaban J connectivity index is 1.60. The molecule has 1 amide bonds. The molecule has 2 saturated heterocycles. The Labute approximate surface area is 155 Å². The Kier molecular flexibility index (Phi) is 3.31. The summed E-state index contributed by atoms with van der Waals surface area (Å²) in [6, 6.07) is 6.70. The van der Waals surface area contributed by atoms with Crippen LogP contribution in [0.5, 0.6) is 5.75 Å². The van der Waals surface area contributed by atoms with Gasteiger partial charge in [-0.2, -0.15) is 0 Å². The highest BCUT2D eigenvalue weighted by atomic mass is 16.6. The molecule has 2 aromatic rings. The fraction of sp³-hybridized carbons (Fsp3) is 0.450. The smallest absolute Gasteiger partial charge is 0.338 e. The number of carbonyl (C=O) groups excluding carboxylic acids is 2. The normalized spacial score (nSPS) is 32.1. The summed E-state index contributed by atoms with van der Waals surface area (Å²) in [5.41, 5.74) is 0.877. The van der Waals surface area contributed by atoms with E-state index in [9.17, 15) is 19.8 Å². The molecule has 0 bridgehead atoms. The van der Waals surface area contributed by atoms with E-state index in [1.54, 1.807) is 30.0 Å². The van der Waals surface area contributed by atoms with Crippen LogP contribution in [0.1, 0.15) is 37.1 Å². The second-order valence-electron chi connectivity index (χ2n) is 7.72. The van der Waals surface area contributed by atoms with E-state index >= 15 is 0 Å². The van der Waals surface area contributed by atoms with E-state index in [1.165, 1.54) is 0 Å². The summed E-state index contributed by atoms with van der Waals surface area (Å²) in [5.74, 6) is -1.55. The summed E-state index contributed by atoms with van der Waals surface area (Å²) in [6.45, 7) is 2.20. The molecule has 3 aliphatic heterocycles. The molecule has 27 heavy (non-hydrogen) atoms. The van der Waals surface area contributed by atoms with Gasteiger partial charge in [0.1, 0.15) is 12.4 Å². The Morgan fingerprint density at radius 3 is 2.93 bits per heavy atom. The van der Waals surface area contributed by atoms with Gasteiger partial charge in [-0.05, 0) is 42.7 Å². The first-order valence-corrected chi connectivity index (χ1v) is 9.25. The number of phenolic OH excluding ortho intramolecular Hbond substituents is 1. The number of esters is 1. The summed E-state index contributed by atoms with van der Waals surface area (Å²) in [6.07, 6.45) is 0.698. The number of ether oxygens (including phenoxy) is 1. The number of pyridine rings is 1. The average Bonchev–Trinajstić information content (AvgIpc) is 3.01. The van der Waals surface area contributed by atoms with E-state index in [4.69, 9.17) is 9.72 Å². The molecule has 2 fully saturated rings. The van der Waals surface area contributed by atoms with Gasteiger partial charge in [0.2, 0.25) is 5.91 Å². The number of aromatic hydroxyl groups is 1. The lowest BCUT2D eigenvalue weighted by Crippen LogP contribution is -2.61. The third kappa shape index (κ3) is 2.15. The first-order valence-electron chi connectivity index (χ1n) is 9.25. The van der Waals surface area contributed by atoms with Gasteiger partial charge in [-0.3, -0.25) is 9.78 Å². The number of fused-ring (bicyclic) bond motifs is 5. The second kappa shape index (κ2) is 5.42. The predicted molar refractivity (Wildman–Crippen MR) is 94.5 cm³/mol. The van der Waals surface area contributed by atoms with Crippen LogP contribution in [0.4, 0.5) is 0 Å². The number of cyclic esters (lactones) is 1. The molecule has 4 atom stereocenters. The maximum Gasteiger partial charge on any atom is 0.338 e. The number of nitrogens with zero attached hydrogens (tertiary/aromatic N) is 2. The highest BCUT2D eigenvalue weighted by molar-refractivity contribution is 5.88. The van der Waals surface area contributed by atoms with Crippen LogP contribution in [0.25, 0.3) is 10.9 Å². The Morgan fingerprint density at radius 2 is 2.15 bits per heavy atom. The molecule has 0 spiro atoms. The Bertz CT molecular complexity index is 990. The van der Waals surface area contributed by atoms with Crippen molar-refractivity contribution < 1.29 is 24.5 Å². The molecular formula is C20H20N2O5. The molecule has 3 aliphatic rings. The molecule has 7 nitrogen and oxygen atoms in total. The third-order valence-corrected chi connectivity index (χ3v) is 6.41. The van der Waals surface area contributed by atoms with Gasteiger partial charge >= 0.3 is 5.97 Å². The van der Waals surface area contributed by atoms with Crippen LogP contribution in [0, 0.1) is 11.8 Å². The molecule has 4 unspecified atom stereocenters.